The first-order chi connectivity index (χ1) is 5.24. The summed E-state index contributed by atoms with van der Waals surface area (Å²) in [6, 6.07) is 6.99. The standard InChI is InChI=1S/C7H10N4/c8-7(9)5-1-3-6(11-10)4-2-5/h1-4,11H,10H2,(H3,8,9). The first kappa shape index (κ1) is 7.56. The normalized spacial score (nSPS) is 9.18. The minimum absolute atomic E-state index is 0.0635. The molecule has 1 rings (SSSR count). The van der Waals surface area contributed by atoms with Gasteiger partial charge >= 0.3 is 0 Å². The fraction of sp³-hybridized carbons (Fsp3) is 0. The summed E-state index contributed by atoms with van der Waals surface area (Å²) in [6.45, 7) is 0. The molecule has 0 spiro atoms. The van der Waals surface area contributed by atoms with E-state index in [1.165, 1.54) is 0 Å². The molecular formula is C7H10N4. The molecule has 0 aromatic heterocycles. The van der Waals surface area contributed by atoms with Gasteiger partial charge in [-0.15, -0.1) is 0 Å². The van der Waals surface area contributed by atoms with Crippen LogP contribution in [0, 0.1) is 5.41 Å². The molecule has 0 amide bonds. The van der Waals surface area contributed by atoms with Crippen molar-refractivity contribution in [2.75, 3.05) is 5.43 Å². The minimum atomic E-state index is 0.0635. The van der Waals surface area contributed by atoms with Crippen LogP contribution in [0.15, 0.2) is 24.3 Å². The first-order valence-corrected chi connectivity index (χ1v) is 3.15. The number of amidine groups is 1. The van der Waals surface area contributed by atoms with Crippen LogP contribution in [0.25, 0.3) is 0 Å². The summed E-state index contributed by atoms with van der Waals surface area (Å²) >= 11 is 0. The van der Waals surface area contributed by atoms with Crippen LogP contribution in [0.2, 0.25) is 0 Å². The van der Waals surface area contributed by atoms with Crippen LogP contribution in [-0.2, 0) is 0 Å². The maximum absolute atomic E-state index is 7.09. The molecule has 0 heterocycles. The number of hydrogen-bond acceptors (Lipinski definition) is 3. The number of hydrazine groups is 1. The van der Waals surface area contributed by atoms with Crippen molar-refractivity contribution in [1.82, 2.24) is 0 Å². The Hall–Kier alpha value is -1.55. The van der Waals surface area contributed by atoms with Crippen LogP contribution >= 0.6 is 0 Å². The van der Waals surface area contributed by atoms with E-state index in [1.54, 1.807) is 24.3 Å². The lowest BCUT2D eigenvalue weighted by Gasteiger charge is -2.00. The van der Waals surface area contributed by atoms with Crippen LogP contribution in [0.5, 0.6) is 0 Å². The van der Waals surface area contributed by atoms with Gasteiger partial charge in [-0.1, -0.05) is 0 Å². The van der Waals surface area contributed by atoms with Crippen molar-refractivity contribution in [3.8, 4) is 0 Å². The van der Waals surface area contributed by atoms with E-state index in [0.717, 1.165) is 5.69 Å². The molecule has 0 aliphatic heterocycles. The third-order valence-electron chi connectivity index (χ3n) is 1.36. The van der Waals surface area contributed by atoms with Crippen LogP contribution in [0.4, 0.5) is 5.69 Å². The van der Waals surface area contributed by atoms with Gasteiger partial charge in [0.25, 0.3) is 0 Å². The summed E-state index contributed by atoms with van der Waals surface area (Å²) in [5.74, 6) is 5.20. The average Bonchev–Trinajstić information content (AvgIpc) is 2.05. The summed E-state index contributed by atoms with van der Waals surface area (Å²) in [5, 5.41) is 7.09. The van der Waals surface area contributed by atoms with Crippen molar-refractivity contribution >= 4 is 11.5 Å². The molecule has 58 valence electrons. The van der Waals surface area contributed by atoms with E-state index >= 15 is 0 Å². The Kier molecular flexibility index (Phi) is 2.08. The minimum Gasteiger partial charge on any atom is -0.384 e. The van der Waals surface area contributed by atoms with E-state index in [4.69, 9.17) is 17.0 Å². The third kappa shape index (κ3) is 1.68. The number of nitrogens with two attached hydrogens (primary N) is 2. The zero-order valence-electron chi connectivity index (χ0n) is 5.96. The average molecular weight is 150 g/mol. The van der Waals surface area contributed by atoms with Crippen LogP contribution in [0.1, 0.15) is 5.56 Å². The molecule has 11 heavy (non-hydrogen) atoms. The zero-order valence-corrected chi connectivity index (χ0v) is 5.96. The molecule has 1 aromatic carbocycles. The zero-order chi connectivity index (χ0) is 8.27. The van der Waals surface area contributed by atoms with Crippen LogP contribution in [0.3, 0.4) is 0 Å². The Labute approximate surface area is 64.7 Å². The van der Waals surface area contributed by atoms with Crippen molar-refractivity contribution in [3.05, 3.63) is 29.8 Å². The number of anilines is 1. The molecule has 0 saturated heterocycles. The van der Waals surface area contributed by atoms with E-state index < -0.39 is 0 Å². The highest BCUT2D eigenvalue weighted by Gasteiger charge is 1.93. The van der Waals surface area contributed by atoms with Gasteiger partial charge in [0.2, 0.25) is 0 Å². The second kappa shape index (κ2) is 3.03. The quantitative estimate of drug-likeness (QED) is 0.211. The van der Waals surface area contributed by atoms with Gasteiger partial charge in [-0.2, -0.15) is 0 Å². The van der Waals surface area contributed by atoms with E-state index in [9.17, 15) is 0 Å². The van der Waals surface area contributed by atoms with E-state index in [2.05, 4.69) is 5.43 Å². The van der Waals surface area contributed by atoms with Crippen molar-refractivity contribution in [2.45, 2.75) is 0 Å². The molecule has 4 nitrogen and oxygen atoms in total. The second-order valence-corrected chi connectivity index (χ2v) is 2.14. The van der Waals surface area contributed by atoms with Crippen LogP contribution in [-0.4, -0.2) is 5.84 Å². The summed E-state index contributed by atoms with van der Waals surface area (Å²) < 4.78 is 0. The van der Waals surface area contributed by atoms with Gasteiger partial charge in [0, 0.05) is 11.3 Å². The van der Waals surface area contributed by atoms with Gasteiger partial charge in [-0.25, -0.2) is 0 Å². The summed E-state index contributed by atoms with van der Waals surface area (Å²) in [7, 11) is 0. The number of rotatable bonds is 2. The van der Waals surface area contributed by atoms with Gasteiger partial charge in [0.05, 0.1) is 0 Å². The Morgan fingerprint density at radius 3 is 2.18 bits per heavy atom. The monoisotopic (exact) mass is 150 g/mol. The highest BCUT2D eigenvalue weighted by molar-refractivity contribution is 5.95. The van der Waals surface area contributed by atoms with Gasteiger partial charge in [-0.05, 0) is 24.3 Å². The summed E-state index contributed by atoms with van der Waals surface area (Å²) in [5.41, 5.74) is 9.22. The Morgan fingerprint density at radius 2 is 1.82 bits per heavy atom. The first-order valence-electron chi connectivity index (χ1n) is 3.15. The van der Waals surface area contributed by atoms with Crippen LogP contribution < -0.4 is 17.0 Å². The molecular weight excluding hydrogens is 140 g/mol. The molecule has 6 N–H and O–H groups in total. The van der Waals surface area contributed by atoms with Crippen molar-refractivity contribution in [1.29, 1.82) is 5.41 Å². The third-order valence-corrected chi connectivity index (χ3v) is 1.36. The van der Waals surface area contributed by atoms with E-state index in [-0.39, 0.29) is 5.84 Å². The van der Waals surface area contributed by atoms with Gasteiger partial charge < -0.3 is 11.2 Å². The molecule has 0 bridgehead atoms. The molecule has 0 radical (unpaired) electrons. The Bertz CT molecular complexity index is 252. The lowest BCUT2D eigenvalue weighted by Crippen LogP contribution is -2.11. The van der Waals surface area contributed by atoms with Gasteiger partial charge in [-0.3, -0.25) is 11.3 Å². The predicted octanol–water partition coefficient (Wildman–Crippen LogP) is 0.256. The highest BCUT2D eigenvalue weighted by Crippen LogP contribution is 2.06. The SMILES string of the molecule is N=C(N)c1ccc(NN)cc1. The molecule has 0 aliphatic rings. The topological polar surface area (TPSA) is 87.9 Å². The van der Waals surface area contributed by atoms with E-state index in [1.807, 2.05) is 0 Å². The number of benzene rings is 1. The predicted molar refractivity (Wildman–Crippen MR) is 45.3 cm³/mol. The Balaban J connectivity index is 2.91. The molecule has 0 unspecified atom stereocenters. The number of nitrogens with one attached hydrogen (secondary N) is 2. The highest BCUT2D eigenvalue weighted by atomic mass is 15.2. The molecule has 0 atom stereocenters. The number of hydrogen-bond donors (Lipinski definition) is 4. The maximum atomic E-state index is 7.09. The van der Waals surface area contributed by atoms with Crippen molar-refractivity contribution in [3.63, 3.8) is 0 Å². The lowest BCUT2D eigenvalue weighted by molar-refractivity contribution is 1.34. The summed E-state index contributed by atoms with van der Waals surface area (Å²) in [6.07, 6.45) is 0. The van der Waals surface area contributed by atoms with Gasteiger partial charge in [0.15, 0.2) is 0 Å². The Morgan fingerprint density at radius 1 is 1.27 bits per heavy atom. The largest absolute Gasteiger partial charge is 0.384 e. The summed E-state index contributed by atoms with van der Waals surface area (Å²) in [4.78, 5) is 0. The molecule has 4 heteroatoms. The van der Waals surface area contributed by atoms with Gasteiger partial charge in [0.1, 0.15) is 5.84 Å². The smallest absolute Gasteiger partial charge is 0.122 e. The molecule has 1 aromatic rings. The maximum Gasteiger partial charge on any atom is 0.122 e. The number of nitrogen functional groups attached to an aromatic ring is 2. The fourth-order valence-electron chi connectivity index (χ4n) is 0.746. The fourth-order valence-corrected chi connectivity index (χ4v) is 0.746. The van der Waals surface area contributed by atoms with Crippen molar-refractivity contribution in [2.24, 2.45) is 11.6 Å². The molecule has 0 saturated carbocycles. The second-order valence-electron chi connectivity index (χ2n) is 2.14. The lowest BCUT2D eigenvalue weighted by atomic mass is 10.2. The molecule has 0 aliphatic carbocycles. The van der Waals surface area contributed by atoms with Crippen molar-refractivity contribution < 1.29 is 0 Å². The van der Waals surface area contributed by atoms with E-state index in [0.29, 0.717) is 5.56 Å². The molecule has 0 fully saturated rings.